The van der Waals surface area contributed by atoms with Crippen molar-refractivity contribution in [3.63, 3.8) is 0 Å². The molecule has 0 spiro atoms. The number of nitrogens with one attached hydrogen (secondary N) is 1. The molecule has 1 saturated heterocycles. The van der Waals surface area contributed by atoms with E-state index in [2.05, 4.69) is 21.8 Å². The number of halogens is 3. The first-order valence-electron chi connectivity index (χ1n) is 6.85. The Bertz CT molecular complexity index is 421. The van der Waals surface area contributed by atoms with Crippen molar-refractivity contribution < 1.29 is 13.2 Å². The fraction of sp³-hybridized carbons (Fsp3) is 0.833. The van der Waals surface area contributed by atoms with E-state index < -0.39 is 12.1 Å². The van der Waals surface area contributed by atoms with Crippen LogP contribution in [0.25, 0.3) is 0 Å². The average Bonchev–Trinajstić information content (AvgIpc) is 2.83. The third-order valence-corrected chi connectivity index (χ3v) is 4.16. The van der Waals surface area contributed by atoms with E-state index in [1.807, 2.05) is 4.90 Å². The standard InChI is InChI=1S/C12H19F3N4S/c1-2-5-16-11-10(17-18-20-11)8-19-6-3-4-9(7-19)12(13,14)15/h9,16H,2-8H2,1H3. The fourth-order valence-corrected chi connectivity index (χ4v) is 2.96. The second-order valence-electron chi connectivity index (χ2n) is 5.09. The molecule has 20 heavy (non-hydrogen) atoms. The molecule has 2 rings (SSSR count). The van der Waals surface area contributed by atoms with Crippen LogP contribution in [-0.2, 0) is 6.54 Å². The van der Waals surface area contributed by atoms with Crippen LogP contribution in [0.4, 0.5) is 18.2 Å². The first kappa shape index (κ1) is 15.5. The van der Waals surface area contributed by atoms with E-state index in [1.165, 1.54) is 11.5 Å². The summed E-state index contributed by atoms with van der Waals surface area (Å²) in [4.78, 5) is 1.83. The van der Waals surface area contributed by atoms with Crippen LogP contribution in [0.15, 0.2) is 0 Å². The summed E-state index contributed by atoms with van der Waals surface area (Å²) in [7, 11) is 0. The maximum absolute atomic E-state index is 12.8. The smallest absolute Gasteiger partial charge is 0.374 e. The number of aromatic nitrogens is 2. The van der Waals surface area contributed by atoms with Gasteiger partial charge in [0.05, 0.1) is 5.92 Å². The van der Waals surface area contributed by atoms with Gasteiger partial charge in [-0.1, -0.05) is 11.4 Å². The van der Waals surface area contributed by atoms with Crippen LogP contribution in [0.1, 0.15) is 31.9 Å². The molecule has 1 aromatic heterocycles. The van der Waals surface area contributed by atoms with E-state index in [1.54, 1.807) is 0 Å². The van der Waals surface area contributed by atoms with Crippen LogP contribution in [0, 0.1) is 5.92 Å². The van der Waals surface area contributed by atoms with Crippen LogP contribution < -0.4 is 5.32 Å². The molecule has 2 heterocycles. The first-order valence-corrected chi connectivity index (χ1v) is 7.62. The zero-order valence-electron chi connectivity index (χ0n) is 11.4. The van der Waals surface area contributed by atoms with Gasteiger partial charge in [-0.05, 0) is 25.8 Å². The van der Waals surface area contributed by atoms with Gasteiger partial charge in [0.1, 0.15) is 10.7 Å². The van der Waals surface area contributed by atoms with E-state index in [0.29, 0.717) is 19.5 Å². The van der Waals surface area contributed by atoms with Crippen LogP contribution in [-0.4, -0.2) is 40.3 Å². The third kappa shape index (κ3) is 4.05. The third-order valence-electron chi connectivity index (χ3n) is 3.43. The highest BCUT2D eigenvalue weighted by molar-refractivity contribution is 7.10. The predicted molar refractivity (Wildman–Crippen MR) is 72.7 cm³/mol. The number of anilines is 1. The molecule has 1 unspecified atom stereocenters. The van der Waals surface area contributed by atoms with Gasteiger partial charge in [-0.15, -0.1) is 5.10 Å². The summed E-state index contributed by atoms with van der Waals surface area (Å²) >= 11 is 1.26. The number of alkyl halides is 3. The normalized spacial score (nSPS) is 21.1. The molecule has 1 aliphatic heterocycles. The summed E-state index contributed by atoms with van der Waals surface area (Å²) in [6.45, 7) is 4.07. The van der Waals surface area contributed by atoms with Crippen LogP contribution in [0.2, 0.25) is 0 Å². The Hall–Kier alpha value is -0.890. The Balaban J connectivity index is 1.94. The molecule has 1 atom stereocenters. The van der Waals surface area contributed by atoms with Crippen LogP contribution in [0.5, 0.6) is 0 Å². The van der Waals surface area contributed by atoms with E-state index in [4.69, 9.17) is 0 Å². The predicted octanol–water partition coefficient (Wildman–Crippen LogP) is 3.13. The Morgan fingerprint density at radius 1 is 1.45 bits per heavy atom. The van der Waals surface area contributed by atoms with Gasteiger partial charge in [-0.2, -0.15) is 13.2 Å². The van der Waals surface area contributed by atoms with Crippen molar-refractivity contribution in [1.29, 1.82) is 0 Å². The number of likely N-dealkylation sites (tertiary alicyclic amines) is 1. The Morgan fingerprint density at radius 3 is 2.95 bits per heavy atom. The van der Waals surface area contributed by atoms with E-state index in [0.717, 1.165) is 23.7 Å². The number of rotatable bonds is 5. The fourth-order valence-electron chi connectivity index (χ4n) is 2.36. The minimum absolute atomic E-state index is 0.0637. The van der Waals surface area contributed by atoms with Crippen molar-refractivity contribution in [3.05, 3.63) is 5.69 Å². The van der Waals surface area contributed by atoms with Gasteiger partial charge < -0.3 is 5.32 Å². The SMILES string of the molecule is CCCNc1snnc1CN1CCCC(C(F)(F)F)C1. The molecule has 8 heteroatoms. The monoisotopic (exact) mass is 308 g/mol. The van der Waals surface area contributed by atoms with E-state index >= 15 is 0 Å². The average molecular weight is 308 g/mol. The zero-order valence-corrected chi connectivity index (χ0v) is 12.2. The molecule has 0 aromatic carbocycles. The van der Waals surface area contributed by atoms with Crippen LogP contribution >= 0.6 is 11.5 Å². The second-order valence-corrected chi connectivity index (χ2v) is 5.85. The minimum atomic E-state index is -4.09. The van der Waals surface area contributed by atoms with Gasteiger partial charge in [0, 0.05) is 31.2 Å². The highest BCUT2D eigenvalue weighted by atomic mass is 32.1. The molecule has 0 amide bonds. The summed E-state index contributed by atoms with van der Waals surface area (Å²) in [5.74, 6) is -1.21. The molecule has 1 fully saturated rings. The largest absolute Gasteiger partial charge is 0.393 e. The summed E-state index contributed by atoms with van der Waals surface area (Å²) < 4.78 is 42.2. The maximum Gasteiger partial charge on any atom is 0.393 e. The molecule has 0 saturated carbocycles. The highest BCUT2D eigenvalue weighted by Crippen LogP contribution is 2.33. The van der Waals surface area contributed by atoms with E-state index in [9.17, 15) is 13.2 Å². The van der Waals surface area contributed by atoms with Gasteiger partial charge in [0.15, 0.2) is 0 Å². The van der Waals surface area contributed by atoms with Gasteiger partial charge in [-0.3, -0.25) is 4.90 Å². The van der Waals surface area contributed by atoms with Crippen molar-refractivity contribution in [1.82, 2.24) is 14.5 Å². The number of hydrogen-bond donors (Lipinski definition) is 1. The molecule has 114 valence electrons. The summed E-state index contributed by atoms with van der Waals surface area (Å²) in [5, 5.41) is 8.13. The summed E-state index contributed by atoms with van der Waals surface area (Å²) in [6, 6.07) is 0. The lowest BCUT2D eigenvalue weighted by Crippen LogP contribution is -2.41. The topological polar surface area (TPSA) is 41.1 Å². The van der Waals surface area contributed by atoms with Crippen molar-refractivity contribution in [2.75, 3.05) is 25.0 Å². The lowest BCUT2D eigenvalue weighted by Gasteiger charge is -2.33. The second kappa shape index (κ2) is 6.71. The van der Waals surface area contributed by atoms with Gasteiger partial charge in [-0.25, -0.2) is 0 Å². The van der Waals surface area contributed by atoms with Gasteiger partial charge in [0.2, 0.25) is 0 Å². The van der Waals surface area contributed by atoms with Gasteiger partial charge in [0.25, 0.3) is 0 Å². The zero-order chi connectivity index (χ0) is 14.6. The number of piperidine rings is 1. The Kier molecular flexibility index (Phi) is 5.20. The molecule has 0 bridgehead atoms. The Labute approximate surface area is 120 Å². The number of hydrogen-bond acceptors (Lipinski definition) is 5. The molecular weight excluding hydrogens is 289 g/mol. The van der Waals surface area contributed by atoms with Crippen LogP contribution in [0.3, 0.4) is 0 Å². The lowest BCUT2D eigenvalue weighted by molar-refractivity contribution is -0.187. The van der Waals surface area contributed by atoms with Crippen molar-refractivity contribution in [3.8, 4) is 0 Å². The molecule has 1 aliphatic rings. The van der Waals surface area contributed by atoms with Crippen molar-refractivity contribution in [2.24, 2.45) is 5.92 Å². The lowest BCUT2D eigenvalue weighted by atomic mass is 9.97. The molecular formula is C12H19F3N4S. The molecule has 1 aromatic rings. The first-order chi connectivity index (χ1) is 9.50. The molecule has 1 N–H and O–H groups in total. The maximum atomic E-state index is 12.8. The molecule has 4 nitrogen and oxygen atoms in total. The number of nitrogens with zero attached hydrogens (tertiary/aromatic N) is 3. The highest BCUT2D eigenvalue weighted by Gasteiger charge is 2.41. The van der Waals surface area contributed by atoms with Crippen molar-refractivity contribution >= 4 is 16.5 Å². The quantitative estimate of drug-likeness (QED) is 0.907. The summed E-state index contributed by atoms with van der Waals surface area (Å²) in [5.41, 5.74) is 0.756. The van der Waals surface area contributed by atoms with Crippen molar-refractivity contribution in [2.45, 2.75) is 38.9 Å². The van der Waals surface area contributed by atoms with E-state index in [-0.39, 0.29) is 13.0 Å². The summed E-state index contributed by atoms with van der Waals surface area (Å²) in [6.07, 6.45) is -2.30. The molecule has 0 aliphatic carbocycles. The molecule has 0 radical (unpaired) electrons. The van der Waals surface area contributed by atoms with Gasteiger partial charge >= 0.3 is 6.18 Å². The minimum Gasteiger partial charge on any atom is -0.374 e. The Morgan fingerprint density at radius 2 is 2.25 bits per heavy atom.